The molecule has 26 heavy (non-hydrogen) atoms. The van der Waals surface area contributed by atoms with Gasteiger partial charge < -0.3 is 14.6 Å². The van der Waals surface area contributed by atoms with Crippen molar-refractivity contribution >= 4 is 17.0 Å². The van der Waals surface area contributed by atoms with Gasteiger partial charge in [0.1, 0.15) is 5.75 Å². The monoisotopic (exact) mass is 351 g/mol. The highest BCUT2D eigenvalue weighted by Gasteiger charge is 2.16. The van der Waals surface area contributed by atoms with Gasteiger partial charge in [0.15, 0.2) is 0 Å². The number of amides is 1. The van der Waals surface area contributed by atoms with E-state index >= 15 is 0 Å². The van der Waals surface area contributed by atoms with Crippen LogP contribution < -0.4 is 10.1 Å². The molecule has 0 bridgehead atoms. The molecule has 6 heteroatoms. The second-order valence-electron chi connectivity index (χ2n) is 6.85. The first-order valence-electron chi connectivity index (χ1n) is 8.90. The Morgan fingerprint density at radius 1 is 1.31 bits per heavy atom. The fraction of sp³-hybridized carbons (Fsp3) is 0.350. The summed E-state index contributed by atoms with van der Waals surface area (Å²) in [6.07, 6.45) is 3.26. The lowest BCUT2D eigenvalue weighted by atomic mass is 10.1. The zero-order valence-electron chi connectivity index (χ0n) is 14.9. The number of pyridine rings is 1. The average molecular weight is 351 g/mol. The van der Waals surface area contributed by atoms with E-state index in [1.807, 2.05) is 19.9 Å². The highest BCUT2D eigenvalue weighted by atomic mass is 16.5. The van der Waals surface area contributed by atoms with Crippen LogP contribution in [0.3, 0.4) is 0 Å². The Hall–Kier alpha value is -2.89. The van der Waals surface area contributed by atoms with Crippen LogP contribution in [0.25, 0.3) is 11.1 Å². The average Bonchev–Trinajstić information content (AvgIpc) is 3.27. The van der Waals surface area contributed by atoms with E-state index in [0.717, 1.165) is 36.3 Å². The van der Waals surface area contributed by atoms with Crippen molar-refractivity contribution in [3.8, 4) is 5.75 Å². The number of aromatic nitrogens is 2. The number of ether oxygens (including phenoxy) is 1. The summed E-state index contributed by atoms with van der Waals surface area (Å²) in [4.78, 5) is 16.7. The molecule has 0 aliphatic carbocycles. The summed E-state index contributed by atoms with van der Waals surface area (Å²) >= 11 is 0. The molecule has 3 heterocycles. The SMILES string of the molecule is CC(C)c1noc2ncc(C(=O)NCCc3ccc4c(c3)CCO4)cc12. The number of nitrogens with one attached hydrogen (secondary N) is 1. The maximum absolute atomic E-state index is 12.4. The minimum atomic E-state index is -0.139. The van der Waals surface area contributed by atoms with Crippen LogP contribution in [0, 0.1) is 0 Å². The molecule has 0 radical (unpaired) electrons. The molecule has 1 aliphatic heterocycles. The normalized spacial score (nSPS) is 13.0. The predicted molar refractivity (Wildman–Crippen MR) is 97.6 cm³/mol. The molecule has 0 unspecified atom stereocenters. The number of hydrogen-bond donors (Lipinski definition) is 1. The lowest BCUT2D eigenvalue weighted by molar-refractivity contribution is 0.0954. The Morgan fingerprint density at radius 2 is 2.19 bits per heavy atom. The minimum absolute atomic E-state index is 0.139. The third-order valence-corrected chi connectivity index (χ3v) is 4.62. The van der Waals surface area contributed by atoms with Crippen LogP contribution in [-0.2, 0) is 12.8 Å². The minimum Gasteiger partial charge on any atom is -0.493 e. The summed E-state index contributed by atoms with van der Waals surface area (Å²) in [5.41, 5.74) is 4.25. The lowest BCUT2D eigenvalue weighted by Crippen LogP contribution is -2.25. The van der Waals surface area contributed by atoms with E-state index in [1.54, 1.807) is 6.07 Å². The summed E-state index contributed by atoms with van der Waals surface area (Å²) in [5, 5.41) is 7.80. The predicted octanol–water partition coefficient (Wildman–Crippen LogP) is 3.25. The number of nitrogens with zero attached hydrogens (tertiary/aromatic N) is 2. The van der Waals surface area contributed by atoms with Crippen molar-refractivity contribution in [2.45, 2.75) is 32.6 Å². The number of hydrogen-bond acceptors (Lipinski definition) is 5. The molecule has 0 spiro atoms. The van der Waals surface area contributed by atoms with Gasteiger partial charge in [0.05, 0.1) is 23.3 Å². The molecule has 3 aromatic rings. The zero-order chi connectivity index (χ0) is 18.1. The number of fused-ring (bicyclic) bond motifs is 2. The number of carbonyl (C=O) groups is 1. The third-order valence-electron chi connectivity index (χ3n) is 4.62. The molecule has 1 aliphatic rings. The molecular formula is C20H21N3O3. The summed E-state index contributed by atoms with van der Waals surface area (Å²) in [6.45, 7) is 5.39. The zero-order valence-corrected chi connectivity index (χ0v) is 14.9. The van der Waals surface area contributed by atoms with E-state index in [-0.39, 0.29) is 11.8 Å². The largest absolute Gasteiger partial charge is 0.493 e. The first kappa shape index (κ1) is 16.6. The van der Waals surface area contributed by atoms with Gasteiger partial charge in [-0.05, 0) is 35.6 Å². The van der Waals surface area contributed by atoms with Crippen LogP contribution >= 0.6 is 0 Å². The highest BCUT2D eigenvalue weighted by molar-refractivity contribution is 5.97. The summed E-state index contributed by atoms with van der Waals surface area (Å²) in [7, 11) is 0. The topological polar surface area (TPSA) is 77.2 Å². The van der Waals surface area contributed by atoms with Crippen molar-refractivity contribution in [3.63, 3.8) is 0 Å². The molecular weight excluding hydrogens is 330 g/mol. The van der Waals surface area contributed by atoms with E-state index in [9.17, 15) is 4.79 Å². The Morgan fingerprint density at radius 3 is 3.04 bits per heavy atom. The van der Waals surface area contributed by atoms with Crippen molar-refractivity contribution in [1.29, 1.82) is 0 Å². The molecule has 134 valence electrons. The Balaban J connectivity index is 1.41. The number of benzene rings is 1. The summed E-state index contributed by atoms with van der Waals surface area (Å²) in [6, 6.07) is 8.02. The molecule has 0 fully saturated rings. The first-order chi connectivity index (χ1) is 12.6. The van der Waals surface area contributed by atoms with Gasteiger partial charge in [0, 0.05) is 19.2 Å². The molecule has 4 rings (SSSR count). The van der Waals surface area contributed by atoms with Gasteiger partial charge in [-0.1, -0.05) is 31.1 Å². The molecule has 2 aromatic heterocycles. The van der Waals surface area contributed by atoms with Gasteiger partial charge in [-0.25, -0.2) is 4.98 Å². The maximum atomic E-state index is 12.4. The van der Waals surface area contributed by atoms with Gasteiger partial charge >= 0.3 is 0 Å². The van der Waals surface area contributed by atoms with E-state index in [2.05, 4.69) is 27.6 Å². The Kier molecular flexibility index (Phi) is 4.32. The smallest absolute Gasteiger partial charge is 0.257 e. The maximum Gasteiger partial charge on any atom is 0.257 e. The van der Waals surface area contributed by atoms with Gasteiger partial charge in [0.25, 0.3) is 11.6 Å². The first-order valence-corrected chi connectivity index (χ1v) is 8.90. The van der Waals surface area contributed by atoms with Crippen LogP contribution in [0.2, 0.25) is 0 Å². The Labute approximate surface area is 151 Å². The van der Waals surface area contributed by atoms with Crippen molar-refractivity contribution < 1.29 is 14.1 Å². The lowest BCUT2D eigenvalue weighted by Gasteiger charge is -2.07. The van der Waals surface area contributed by atoms with Crippen molar-refractivity contribution in [1.82, 2.24) is 15.5 Å². The van der Waals surface area contributed by atoms with E-state index in [0.29, 0.717) is 17.8 Å². The highest BCUT2D eigenvalue weighted by Crippen LogP contribution is 2.26. The van der Waals surface area contributed by atoms with Crippen molar-refractivity contribution in [2.24, 2.45) is 0 Å². The van der Waals surface area contributed by atoms with Crippen LogP contribution in [0.4, 0.5) is 0 Å². The molecule has 0 saturated heterocycles. The van der Waals surface area contributed by atoms with Crippen LogP contribution in [-0.4, -0.2) is 29.2 Å². The quantitative estimate of drug-likeness (QED) is 0.763. The number of carbonyl (C=O) groups excluding carboxylic acids is 1. The van der Waals surface area contributed by atoms with E-state index in [1.165, 1.54) is 17.3 Å². The third kappa shape index (κ3) is 3.14. The van der Waals surface area contributed by atoms with E-state index < -0.39 is 0 Å². The molecule has 0 saturated carbocycles. The molecule has 6 nitrogen and oxygen atoms in total. The molecule has 0 atom stereocenters. The standard InChI is InChI=1S/C20H21N3O3/c1-12(2)18-16-10-15(11-22-20(16)26-23-18)19(24)21-7-5-13-3-4-17-14(9-13)6-8-25-17/h3-4,9-12H,5-8H2,1-2H3,(H,21,24). The second-order valence-corrected chi connectivity index (χ2v) is 6.85. The van der Waals surface area contributed by atoms with Crippen molar-refractivity contribution in [2.75, 3.05) is 13.2 Å². The van der Waals surface area contributed by atoms with E-state index in [4.69, 9.17) is 9.26 Å². The van der Waals surface area contributed by atoms with Gasteiger partial charge in [-0.15, -0.1) is 0 Å². The fourth-order valence-electron chi connectivity index (χ4n) is 3.21. The summed E-state index contributed by atoms with van der Waals surface area (Å²) in [5.74, 6) is 1.05. The molecule has 1 aromatic carbocycles. The van der Waals surface area contributed by atoms with Gasteiger partial charge in [0.2, 0.25) is 0 Å². The van der Waals surface area contributed by atoms with Crippen molar-refractivity contribution in [3.05, 3.63) is 52.8 Å². The number of rotatable bonds is 5. The van der Waals surface area contributed by atoms with Crippen LogP contribution in [0.1, 0.15) is 46.9 Å². The second kappa shape index (κ2) is 6.78. The molecule has 1 amide bonds. The van der Waals surface area contributed by atoms with Gasteiger partial charge in [-0.3, -0.25) is 4.79 Å². The fourth-order valence-corrected chi connectivity index (χ4v) is 3.21. The summed E-state index contributed by atoms with van der Waals surface area (Å²) < 4.78 is 10.7. The Bertz CT molecular complexity index is 962. The van der Waals surface area contributed by atoms with Gasteiger partial charge in [-0.2, -0.15) is 0 Å². The molecule has 1 N–H and O–H groups in total. The van der Waals surface area contributed by atoms with Crippen LogP contribution in [0.5, 0.6) is 5.75 Å². The van der Waals surface area contributed by atoms with Crippen LogP contribution in [0.15, 0.2) is 35.0 Å².